The molecule has 1 unspecified atom stereocenters. The molecule has 0 radical (unpaired) electrons. The Kier molecular flexibility index (Phi) is 4.52. The van der Waals surface area contributed by atoms with E-state index in [0.29, 0.717) is 4.88 Å². The summed E-state index contributed by atoms with van der Waals surface area (Å²) in [4.78, 5) is 11.3. The molecule has 16 heavy (non-hydrogen) atoms. The lowest BCUT2D eigenvalue weighted by molar-refractivity contribution is -0.140. The zero-order valence-corrected chi connectivity index (χ0v) is 11.7. The maximum Gasteiger partial charge on any atom is 0.307 e. The van der Waals surface area contributed by atoms with Gasteiger partial charge in [-0.05, 0) is 27.4 Å². The van der Waals surface area contributed by atoms with Gasteiger partial charge in [0.1, 0.15) is 0 Å². The predicted molar refractivity (Wildman–Crippen MR) is 66.3 cm³/mol. The first kappa shape index (κ1) is 13.7. The van der Waals surface area contributed by atoms with Crippen LogP contribution in [0.3, 0.4) is 0 Å². The molecule has 0 bridgehead atoms. The fourth-order valence-corrected chi connectivity index (χ4v) is 4.99. The number of hydrogen-bond acceptors (Lipinski definition) is 4. The summed E-state index contributed by atoms with van der Waals surface area (Å²) in [5, 5.41) is 10.4. The Morgan fingerprint density at radius 3 is 2.69 bits per heavy atom. The normalized spacial score (nSPS) is 13.6. The molecule has 1 aromatic heterocycles. The number of rotatable bonds is 5. The Bertz CT molecular complexity index is 477. The summed E-state index contributed by atoms with van der Waals surface area (Å²) in [6.07, 6.45) is 0. The number of carboxylic acid groups (broad SMARTS) is 1. The van der Waals surface area contributed by atoms with Crippen molar-refractivity contribution in [3.63, 3.8) is 0 Å². The molecule has 0 saturated carbocycles. The van der Waals surface area contributed by atoms with Gasteiger partial charge in [0.05, 0.1) is 17.4 Å². The van der Waals surface area contributed by atoms with Crippen molar-refractivity contribution in [2.45, 2.75) is 12.7 Å². The van der Waals surface area contributed by atoms with Gasteiger partial charge in [-0.25, -0.2) is 8.42 Å². The first-order valence-electron chi connectivity index (χ1n) is 4.47. The maximum atomic E-state index is 11.7. The Labute approximate surface area is 106 Å². The van der Waals surface area contributed by atoms with Crippen LogP contribution in [0.1, 0.15) is 11.8 Å². The third-order valence-electron chi connectivity index (χ3n) is 1.97. The van der Waals surface area contributed by atoms with E-state index in [1.807, 2.05) is 0 Å². The topological polar surface area (TPSA) is 71.4 Å². The molecule has 1 atom stereocenters. The standard InChI is InChI=1S/C9H11BrO4S2/c1-6(9(11)12)4-16(13,14)5-8-7(10)2-3-15-8/h2-3,6H,4-5H2,1H3,(H,11,12). The highest BCUT2D eigenvalue weighted by Crippen LogP contribution is 2.25. The van der Waals surface area contributed by atoms with Crippen LogP contribution in [0.2, 0.25) is 0 Å². The average molecular weight is 327 g/mol. The van der Waals surface area contributed by atoms with Gasteiger partial charge in [0.15, 0.2) is 9.84 Å². The molecule has 0 aliphatic heterocycles. The van der Waals surface area contributed by atoms with Crippen LogP contribution in [0.4, 0.5) is 0 Å². The Hall–Kier alpha value is -0.400. The van der Waals surface area contributed by atoms with Gasteiger partial charge >= 0.3 is 5.97 Å². The van der Waals surface area contributed by atoms with E-state index in [9.17, 15) is 13.2 Å². The summed E-state index contributed by atoms with van der Waals surface area (Å²) < 4.78 is 24.1. The van der Waals surface area contributed by atoms with Crippen LogP contribution in [0.15, 0.2) is 15.9 Å². The summed E-state index contributed by atoms with van der Waals surface area (Å²) in [6, 6.07) is 1.77. The molecule has 1 rings (SSSR count). The van der Waals surface area contributed by atoms with Crippen molar-refractivity contribution in [1.82, 2.24) is 0 Å². The molecule has 0 fully saturated rings. The third kappa shape index (κ3) is 3.88. The molecule has 4 nitrogen and oxygen atoms in total. The van der Waals surface area contributed by atoms with Crippen LogP contribution in [0.25, 0.3) is 0 Å². The minimum absolute atomic E-state index is 0.108. The first-order chi connectivity index (χ1) is 7.32. The molecule has 0 amide bonds. The number of halogens is 1. The second-order valence-electron chi connectivity index (χ2n) is 3.49. The number of hydrogen-bond donors (Lipinski definition) is 1. The van der Waals surface area contributed by atoms with Crippen LogP contribution in [-0.2, 0) is 20.4 Å². The van der Waals surface area contributed by atoms with Gasteiger partial charge in [-0.15, -0.1) is 11.3 Å². The molecule has 1 aromatic rings. The predicted octanol–water partition coefficient (Wildman–Crippen LogP) is 2.15. The lowest BCUT2D eigenvalue weighted by Gasteiger charge is -2.06. The van der Waals surface area contributed by atoms with Crippen LogP contribution in [0, 0.1) is 5.92 Å². The van der Waals surface area contributed by atoms with Crippen molar-refractivity contribution in [1.29, 1.82) is 0 Å². The van der Waals surface area contributed by atoms with Gasteiger partial charge < -0.3 is 5.11 Å². The summed E-state index contributed by atoms with van der Waals surface area (Å²) in [6.45, 7) is 1.39. The average Bonchev–Trinajstić information content (AvgIpc) is 2.50. The van der Waals surface area contributed by atoms with E-state index < -0.39 is 21.7 Å². The Morgan fingerprint density at radius 2 is 2.25 bits per heavy atom. The molecule has 7 heteroatoms. The molecule has 1 heterocycles. The highest BCUT2D eigenvalue weighted by atomic mass is 79.9. The van der Waals surface area contributed by atoms with Crippen molar-refractivity contribution < 1.29 is 18.3 Å². The van der Waals surface area contributed by atoms with E-state index in [-0.39, 0.29) is 11.5 Å². The molecule has 1 N–H and O–H groups in total. The largest absolute Gasteiger partial charge is 0.481 e. The minimum atomic E-state index is -3.37. The van der Waals surface area contributed by atoms with Gasteiger partial charge in [0, 0.05) is 9.35 Å². The number of sulfone groups is 1. The highest BCUT2D eigenvalue weighted by molar-refractivity contribution is 9.10. The Morgan fingerprint density at radius 1 is 1.62 bits per heavy atom. The quantitative estimate of drug-likeness (QED) is 0.899. The third-order valence-corrected chi connectivity index (χ3v) is 5.81. The van der Waals surface area contributed by atoms with Crippen molar-refractivity contribution in [3.05, 3.63) is 20.8 Å². The van der Waals surface area contributed by atoms with E-state index in [4.69, 9.17) is 5.11 Å². The molecule has 0 aliphatic rings. The highest BCUT2D eigenvalue weighted by Gasteiger charge is 2.22. The zero-order chi connectivity index (χ0) is 12.3. The maximum absolute atomic E-state index is 11.7. The van der Waals surface area contributed by atoms with Crippen molar-refractivity contribution in [2.24, 2.45) is 5.92 Å². The molecular weight excluding hydrogens is 316 g/mol. The number of carbonyl (C=O) groups is 1. The number of thiophene rings is 1. The monoisotopic (exact) mass is 326 g/mol. The van der Waals surface area contributed by atoms with E-state index >= 15 is 0 Å². The second-order valence-corrected chi connectivity index (χ2v) is 7.45. The van der Waals surface area contributed by atoms with E-state index in [0.717, 1.165) is 4.47 Å². The fraction of sp³-hybridized carbons (Fsp3) is 0.444. The number of aliphatic carboxylic acids is 1. The van der Waals surface area contributed by atoms with Crippen molar-refractivity contribution >= 4 is 43.1 Å². The fourth-order valence-electron chi connectivity index (χ4n) is 1.14. The van der Waals surface area contributed by atoms with Gasteiger partial charge in [-0.3, -0.25) is 4.79 Å². The summed E-state index contributed by atoms with van der Waals surface area (Å²) in [7, 11) is -3.37. The van der Waals surface area contributed by atoms with Gasteiger partial charge in [0.2, 0.25) is 0 Å². The van der Waals surface area contributed by atoms with E-state index in [1.54, 1.807) is 11.4 Å². The molecule has 0 saturated heterocycles. The first-order valence-corrected chi connectivity index (χ1v) is 7.96. The van der Waals surface area contributed by atoms with Gasteiger partial charge in [-0.2, -0.15) is 0 Å². The van der Waals surface area contributed by atoms with Gasteiger partial charge in [0.25, 0.3) is 0 Å². The number of carboxylic acids is 1. The van der Waals surface area contributed by atoms with Crippen molar-refractivity contribution in [3.8, 4) is 0 Å². The molecule has 0 aromatic carbocycles. The van der Waals surface area contributed by atoms with Crippen LogP contribution < -0.4 is 0 Å². The molecular formula is C9H11BrO4S2. The lowest BCUT2D eigenvalue weighted by Crippen LogP contribution is -2.21. The molecule has 0 spiro atoms. The lowest BCUT2D eigenvalue weighted by atomic mass is 10.2. The summed E-state index contributed by atoms with van der Waals surface area (Å²) in [5.41, 5.74) is 0. The summed E-state index contributed by atoms with van der Waals surface area (Å²) >= 11 is 4.58. The van der Waals surface area contributed by atoms with E-state index in [2.05, 4.69) is 15.9 Å². The van der Waals surface area contributed by atoms with E-state index in [1.165, 1.54) is 18.3 Å². The van der Waals surface area contributed by atoms with Gasteiger partial charge in [-0.1, -0.05) is 6.92 Å². The van der Waals surface area contributed by atoms with Crippen LogP contribution in [-0.4, -0.2) is 25.2 Å². The second kappa shape index (κ2) is 5.29. The molecule has 0 aliphatic carbocycles. The van der Waals surface area contributed by atoms with Crippen LogP contribution in [0.5, 0.6) is 0 Å². The Balaban J connectivity index is 2.73. The minimum Gasteiger partial charge on any atom is -0.481 e. The zero-order valence-electron chi connectivity index (χ0n) is 8.51. The van der Waals surface area contributed by atoms with Crippen molar-refractivity contribution in [2.75, 3.05) is 5.75 Å². The molecule has 90 valence electrons. The SMILES string of the molecule is CC(CS(=O)(=O)Cc1sccc1Br)C(=O)O. The van der Waals surface area contributed by atoms with Crippen LogP contribution >= 0.6 is 27.3 Å². The smallest absolute Gasteiger partial charge is 0.307 e. The summed E-state index contributed by atoms with van der Waals surface area (Å²) in [5.74, 6) is -2.40.